The standard InChI is InChI=1S/Co.Na.4O.V/q+2;+1;4*-2;. The molecule has 7 heavy (non-hydrogen) atoms. The van der Waals surface area contributed by atoms with Gasteiger partial charge in [-0.05, 0) is 0 Å². The summed E-state index contributed by atoms with van der Waals surface area (Å²) in [5.41, 5.74) is 0. The summed E-state index contributed by atoms with van der Waals surface area (Å²) in [6.07, 6.45) is 0. The topological polar surface area (TPSA) is 114 Å². The third-order valence-corrected chi connectivity index (χ3v) is 0. The van der Waals surface area contributed by atoms with Crippen LogP contribution in [0.5, 0.6) is 0 Å². The molecule has 0 aliphatic carbocycles. The van der Waals surface area contributed by atoms with Crippen molar-refractivity contribution in [2.24, 2.45) is 0 Å². The maximum Gasteiger partial charge on any atom is 2.00 e. The Bertz CT molecular complexity index is 11.7. The molecule has 0 heterocycles. The Labute approximate surface area is 86.0 Å². The molecule has 0 aromatic rings. The van der Waals surface area contributed by atoms with E-state index in [9.17, 15) is 0 Å². The van der Waals surface area contributed by atoms with Gasteiger partial charge in [0.05, 0.1) is 0 Å². The predicted molar refractivity (Wildman–Crippen MR) is 2.75 cm³/mol. The molecule has 0 amide bonds. The Balaban J connectivity index is 0. The first-order chi connectivity index (χ1) is 0. The predicted octanol–water partition coefficient (Wildman–Crippen LogP) is -3.48. The Kier molecular flexibility index (Phi) is 2200. The van der Waals surface area contributed by atoms with E-state index in [0.717, 1.165) is 0 Å². The zero-order valence-corrected chi connectivity index (χ0v) is 7.85. The molecule has 0 rings (SSSR count). The second-order valence-electron chi connectivity index (χ2n) is 0. The van der Waals surface area contributed by atoms with Crippen LogP contribution in [0.25, 0.3) is 0 Å². The fraction of sp³-hybridized carbons (Fsp3) is 0. The first kappa shape index (κ1) is 151. The van der Waals surface area contributed by atoms with Crippen molar-refractivity contribution in [1.29, 1.82) is 0 Å². The van der Waals surface area contributed by atoms with Crippen molar-refractivity contribution >= 4 is 0 Å². The molecule has 0 saturated heterocycles. The van der Waals surface area contributed by atoms with E-state index >= 15 is 0 Å². The van der Waals surface area contributed by atoms with Gasteiger partial charge in [0, 0.05) is 18.6 Å². The van der Waals surface area contributed by atoms with Gasteiger partial charge in [-0.15, -0.1) is 0 Å². The van der Waals surface area contributed by atoms with Crippen molar-refractivity contribution in [2.75, 3.05) is 0 Å². The van der Waals surface area contributed by atoms with Gasteiger partial charge < -0.3 is 21.9 Å². The fourth-order valence-corrected chi connectivity index (χ4v) is 0. The summed E-state index contributed by atoms with van der Waals surface area (Å²) in [5, 5.41) is 0. The first-order valence-corrected chi connectivity index (χ1v) is 0. The first-order valence-electron chi connectivity index (χ1n) is 0. The summed E-state index contributed by atoms with van der Waals surface area (Å²) in [6.45, 7) is 0. The maximum absolute atomic E-state index is 0. The van der Waals surface area contributed by atoms with E-state index in [1.54, 1.807) is 0 Å². The summed E-state index contributed by atoms with van der Waals surface area (Å²) >= 11 is 0. The normalized spacial score (nSPS) is 0. The fourth-order valence-electron chi connectivity index (χ4n) is 0. The molecule has 0 aromatic heterocycles. The van der Waals surface area contributed by atoms with Crippen molar-refractivity contribution in [1.82, 2.24) is 0 Å². The van der Waals surface area contributed by atoms with Gasteiger partial charge in [-0.1, -0.05) is 0 Å². The van der Waals surface area contributed by atoms with E-state index in [2.05, 4.69) is 0 Å². The Morgan fingerprint density at radius 2 is 0.571 bits per heavy atom. The Hall–Kier alpha value is 1.93. The van der Waals surface area contributed by atoms with Crippen LogP contribution >= 0.6 is 0 Å². The van der Waals surface area contributed by atoms with Gasteiger partial charge in [-0.2, -0.15) is 0 Å². The van der Waals surface area contributed by atoms with E-state index in [1.165, 1.54) is 0 Å². The molecule has 0 atom stereocenters. The average molecular weight is 197 g/mol. The van der Waals surface area contributed by atoms with Gasteiger partial charge in [0.15, 0.2) is 0 Å². The molecule has 0 aliphatic rings. The molecule has 2 radical (unpaired) electrons. The van der Waals surface area contributed by atoms with Gasteiger partial charge in [0.25, 0.3) is 0 Å². The Morgan fingerprint density at radius 1 is 0.571 bits per heavy atom. The molecule has 0 fully saturated rings. The van der Waals surface area contributed by atoms with Crippen molar-refractivity contribution in [3.63, 3.8) is 0 Å². The number of hydrogen-bond acceptors (Lipinski definition) is 0. The summed E-state index contributed by atoms with van der Waals surface area (Å²) in [4.78, 5) is 0. The minimum absolute atomic E-state index is 0. The van der Waals surface area contributed by atoms with Gasteiger partial charge in [0.1, 0.15) is 0 Å². The summed E-state index contributed by atoms with van der Waals surface area (Å²) < 4.78 is 0. The molecule has 0 aliphatic heterocycles. The second kappa shape index (κ2) is 102. The smallest absolute Gasteiger partial charge is 2.00 e. The van der Waals surface area contributed by atoms with Crippen LogP contribution in [0.3, 0.4) is 0 Å². The van der Waals surface area contributed by atoms with Crippen LogP contribution in [-0.4, -0.2) is 0 Å². The van der Waals surface area contributed by atoms with Crippen molar-refractivity contribution < 1.29 is 86.8 Å². The molecule has 7 heteroatoms. The third kappa shape index (κ3) is 74.8. The number of rotatable bonds is 0. The minimum atomic E-state index is 0. The molecule has 0 bridgehead atoms. The van der Waals surface area contributed by atoms with Gasteiger partial charge in [-0.25, -0.2) is 0 Å². The monoisotopic (exact) mass is 197 g/mol. The average Bonchev–Trinajstić information content (AvgIpc) is 0. The zero-order valence-electron chi connectivity index (χ0n) is 3.41. The number of hydrogen-bond donors (Lipinski definition) is 0. The largest absolute Gasteiger partial charge is 2.00 e. The summed E-state index contributed by atoms with van der Waals surface area (Å²) in [5.74, 6) is 0. The van der Waals surface area contributed by atoms with Crippen LogP contribution in [0, 0.1) is 0 Å². The molecular weight excluding hydrogens is 197 g/mol. The van der Waals surface area contributed by atoms with Gasteiger partial charge in [-0.3, -0.25) is 0 Å². The van der Waals surface area contributed by atoms with Crippen LogP contribution in [0.2, 0.25) is 0 Å². The Morgan fingerprint density at radius 3 is 0.571 bits per heavy atom. The van der Waals surface area contributed by atoms with E-state index in [4.69, 9.17) is 0 Å². The SMILES string of the molecule is [Co+2].[Na+].[O-2].[O-2].[O-2].[O-2].[V]. The molecule has 0 spiro atoms. The van der Waals surface area contributed by atoms with E-state index in [-0.39, 0.29) is 86.8 Å². The molecule has 0 N–H and O–H groups in total. The molecule has 0 aromatic carbocycles. The molecule has 0 saturated carbocycles. The molecule has 44 valence electrons. The third-order valence-electron chi connectivity index (χ3n) is 0. The molecule has 0 unspecified atom stereocenters. The van der Waals surface area contributed by atoms with Crippen molar-refractivity contribution in [3.8, 4) is 0 Å². The van der Waals surface area contributed by atoms with E-state index in [1.807, 2.05) is 0 Å². The van der Waals surface area contributed by atoms with Crippen LogP contribution < -0.4 is 29.6 Å². The second-order valence-corrected chi connectivity index (χ2v) is 0. The zero-order chi connectivity index (χ0) is 0. The van der Waals surface area contributed by atoms with Crippen LogP contribution in [0.15, 0.2) is 0 Å². The minimum Gasteiger partial charge on any atom is -2.00 e. The molecule has 4 nitrogen and oxygen atoms in total. The van der Waals surface area contributed by atoms with E-state index < -0.39 is 0 Å². The van der Waals surface area contributed by atoms with Crippen molar-refractivity contribution in [3.05, 3.63) is 0 Å². The van der Waals surface area contributed by atoms with Crippen molar-refractivity contribution in [2.45, 2.75) is 0 Å². The van der Waals surface area contributed by atoms with Crippen LogP contribution in [0.4, 0.5) is 0 Å². The van der Waals surface area contributed by atoms with Crippen LogP contribution in [0.1, 0.15) is 0 Å². The summed E-state index contributed by atoms with van der Waals surface area (Å²) in [7, 11) is 0. The van der Waals surface area contributed by atoms with Crippen LogP contribution in [-0.2, 0) is 57.2 Å². The van der Waals surface area contributed by atoms with E-state index in [0.29, 0.717) is 0 Å². The van der Waals surface area contributed by atoms with Gasteiger partial charge >= 0.3 is 46.3 Å². The van der Waals surface area contributed by atoms with Gasteiger partial charge in [0.2, 0.25) is 0 Å². The maximum atomic E-state index is 0. The quantitative estimate of drug-likeness (QED) is 0.359. The summed E-state index contributed by atoms with van der Waals surface area (Å²) in [6, 6.07) is 0. The molecular formula is CoNaO4V-5.